The van der Waals surface area contributed by atoms with Gasteiger partial charge in [-0.1, -0.05) is 48.5 Å². The summed E-state index contributed by atoms with van der Waals surface area (Å²) >= 11 is 0. The van der Waals surface area contributed by atoms with Gasteiger partial charge in [-0.3, -0.25) is 9.59 Å². The van der Waals surface area contributed by atoms with Crippen LogP contribution in [0.1, 0.15) is 34.7 Å². The Kier molecular flexibility index (Phi) is 5.44. The molecule has 28 heavy (non-hydrogen) atoms. The Balaban J connectivity index is 1.50. The van der Waals surface area contributed by atoms with Crippen molar-refractivity contribution < 1.29 is 9.59 Å². The zero-order chi connectivity index (χ0) is 19.5. The average Bonchev–Trinajstić information content (AvgIpc) is 3.41. The van der Waals surface area contributed by atoms with Gasteiger partial charge in [-0.15, -0.1) is 0 Å². The summed E-state index contributed by atoms with van der Waals surface area (Å²) in [5.41, 5.74) is 7.90. The number of nitrogens with two attached hydrogens (primary N) is 1. The number of likely N-dealkylation sites (tertiary alicyclic amines) is 2. The predicted molar refractivity (Wildman–Crippen MR) is 109 cm³/mol. The molecule has 2 aromatic rings. The standard InChI is InChI=1S/C23H27N3O2/c24-14-19-15-25(16-20(19)17-8-3-1-4-9-17)23(28)21-12-7-13-26(21)22(27)18-10-5-2-6-11-18/h1-6,8-11,19-21H,7,12-16,24H2/t19-,20+,21?/m1/s1. The molecule has 0 spiro atoms. The third-order valence-electron chi connectivity index (χ3n) is 6.10. The second kappa shape index (κ2) is 8.15. The largest absolute Gasteiger partial charge is 0.340 e. The van der Waals surface area contributed by atoms with Gasteiger partial charge in [-0.05, 0) is 43.0 Å². The highest BCUT2D eigenvalue weighted by Gasteiger charge is 2.41. The van der Waals surface area contributed by atoms with Crippen molar-refractivity contribution in [1.82, 2.24) is 9.80 Å². The molecule has 2 amide bonds. The molecule has 2 aliphatic rings. The SMILES string of the molecule is NC[C@@H]1CN(C(=O)C2CCCN2C(=O)c2ccccc2)C[C@H]1c1ccccc1. The zero-order valence-corrected chi connectivity index (χ0v) is 16.0. The lowest BCUT2D eigenvalue weighted by molar-refractivity contribution is -0.134. The lowest BCUT2D eigenvalue weighted by Crippen LogP contribution is -2.47. The molecule has 5 nitrogen and oxygen atoms in total. The molecule has 0 radical (unpaired) electrons. The summed E-state index contributed by atoms with van der Waals surface area (Å²) in [6, 6.07) is 19.2. The van der Waals surface area contributed by atoms with Crippen LogP contribution in [0, 0.1) is 5.92 Å². The van der Waals surface area contributed by atoms with Gasteiger partial charge in [0.2, 0.25) is 5.91 Å². The number of carbonyl (C=O) groups excluding carboxylic acids is 2. The van der Waals surface area contributed by atoms with Gasteiger partial charge < -0.3 is 15.5 Å². The first-order chi connectivity index (χ1) is 13.7. The Bertz CT molecular complexity index is 824. The minimum Gasteiger partial charge on any atom is -0.340 e. The number of carbonyl (C=O) groups is 2. The Morgan fingerprint density at radius 3 is 2.32 bits per heavy atom. The van der Waals surface area contributed by atoms with Crippen LogP contribution in [0.3, 0.4) is 0 Å². The molecule has 146 valence electrons. The number of hydrogen-bond donors (Lipinski definition) is 1. The molecule has 0 aliphatic carbocycles. The fraction of sp³-hybridized carbons (Fsp3) is 0.391. The van der Waals surface area contributed by atoms with Gasteiger partial charge in [-0.25, -0.2) is 0 Å². The van der Waals surface area contributed by atoms with Crippen molar-refractivity contribution in [3.05, 3.63) is 71.8 Å². The summed E-state index contributed by atoms with van der Waals surface area (Å²) < 4.78 is 0. The van der Waals surface area contributed by atoms with E-state index in [1.165, 1.54) is 5.56 Å². The van der Waals surface area contributed by atoms with Crippen molar-refractivity contribution in [1.29, 1.82) is 0 Å². The van der Waals surface area contributed by atoms with E-state index >= 15 is 0 Å². The first kappa shape index (κ1) is 18.7. The van der Waals surface area contributed by atoms with Gasteiger partial charge in [0.1, 0.15) is 6.04 Å². The van der Waals surface area contributed by atoms with Crippen molar-refractivity contribution in [2.24, 2.45) is 11.7 Å². The summed E-state index contributed by atoms with van der Waals surface area (Å²) in [7, 11) is 0. The highest BCUT2D eigenvalue weighted by Crippen LogP contribution is 2.33. The van der Waals surface area contributed by atoms with Crippen LogP contribution in [-0.2, 0) is 4.79 Å². The van der Waals surface area contributed by atoms with E-state index in [0.717, 1.165) is 12.8 Å². The smallest absolute Gasteiger partial charge is 0.254 e. The van der Waals surface area contributed by atoms with Gasteiger partial charge in [0.15, 0.2) is 0 Å². The van der Waals surface area contributed by atoms with Crippen LogP contribution in [0.5, 0.6) is 0 Å². The summed E-state index contributed by atoms with van der Waals surface area (Å²) in [5.74, 6) is 0.533. The minimum absolute atomic E-state index is 0.0503. The van der Waals surface area contributed by atoms with Crippen molar-refractivity contribution in [2.75, 3.05) is 26.2 Å². The molecule has 5 heteroatoms. The normalized spacial score (nSPS) is 24.5. The minimum atomic E-state index is -0.361. The molecule has 2 aromatic carbocycles. The monoisotopic (exact) mass is 377 g/mol. The fourth-order valence-corrected chi connectivity index (χ4v) is 4.59. The van der Waals surface area contributed by atoms with Crippen molar-refractivity contribution in [3.8, 4) is 0 Å². The van der Waals surface area contributed by atoms with E-state index in [9.17, 15) is 9.59 Å². The predicted octanol–water partition coefficient (Wildman–Crippen LogP) is 2.49. The van der Waals surface area contributed by atoms with Crippen LogP contribution in [0.15, 0.2) is 60.7 Å². The highest BCUT2D eigenvalue weighted by atomic mass is 16.2. The Labute approximate surface area is 166 Å². The maximum atomic E-state index is 13.3. The topological polar surface area (TPSA) is 66.6 Å². The van der Waals surface area contributed by atoms with Crippen molar-refractivity contribution in [3.63, 3.8) is 0 Å². The maximum Gasteiger partial charge on any atom is 0.254 e. The summed E-state index contributed by atoms with van der Waals surface area (Å²) in [6.45, 7) is 2.54. The van der Waals surface area contributed by atoms with Crippen LogP contribution >= 0.6 is 0 Å². The molecule has 3 atom stereocenters. The van der Waals surface area contributed by atoms with Gasteiger partial charge in [0, 0.05) is 31.1 Å². The van der Waals surface area contributed by atoms with Gasteiger partial charge in [0.25, 0.3) is 5.91 Å². The van der Waals surface area contributed by atoms with Crippen LogP contribution in [0.2, 0.25) is 0 Å². The lowest BCUT2D eigenvalue weighted by atomic mass is 9.89. The summed E-state index contributed by atoms with van der Waals surface area (Å²) in [6.07, 6.45) is 1.60. The van der Waals surface area contributed by atoms with Crippen LogP contribution in [0.4, 0.5) is 0 Å². The molecule has 2 N–H and O–H groups in total. The molecule has 0 bridgehead atoms. The Hall–Kier alpha value is -2.66. The Morgan fingerprint density at radius 1 is 0.964 bits per heavy atom. The van der Waals surface area contributed by atoms with Crippen LogP contribution < -0.4 is 5.73 Å². The van der Waals surface area contributed by atoms with E-state index in [4.69, 9.17) is 5.73 Å². The van der Waals surface area contributed by atoms with Gasteiger partial charge in [-0.2, -0.15) is 0 Å². The van der Waals surface area contributed by atoms with Gasteiger partial charge in [0.05, 0.1) is 0 Å². The van der Waals surface area contributed by atoms with E-state index in [1.807, 2.05) is 53.4 Å². The molecule has 0 aromatic heterocycles. The van der Waals surface area contributed by atoms with Crippen molar-refractivity contribution in [2.45, 2.75) is 24.8 Å². The van der Waals surface area contributed by atoms with E-state index in [0.29, 0.717) is 31.7 Å². The molecule has 4 rings (SSSR count). The van der Waals surface area contributed by atoms with Crippen molar-refractivity contribution >= 4 is 11.8 Å². The molecule has 2 heterocycles. The van der Waals surface area contributed by atoms with Crippen LogP contribution in [0.25, 0.3) is 0 Å². The van der Waals surface area contributed by atoms with Crippen LogP contribution in [-0.4, -0.2) is 53.8 Å². The second-order valence-electron chi connectivity index (χ2n) is 7.78. The molecule has 2 fully saturated rings. The molecule has 2 saturated heterocycles. The Morgan fingerprint density at radius 2 is 1.64 bits per heavy atom. The number of benzene rings is 2. The zero-order valence-electron chi connectivity index (χ0n) is 16.0. The van der Waals surface area contributed by atoms with E-state index in [2.05, 4.69) is 12.1 Å². The molecular weight excluding hydrogens is 350 g/mol. The molecule has 1 unspecified atom stereocenters. The highest BCUT2D eigenvalue weighted by molar-refractivity contribution is 5.98. The number of rotatable bonds is 4. The fourth-order valence-electron chi connectivity index (χ4n) is 4.59. The number of hydrogen-bond acceptors (Lipinski definition) is 3. The van der Waals surface area contributed by atoms with E-state index < -0.39 is 0 Å². The summed E-state index contributed by atoms with van der Waals surface area (Å²) in [5, 5.41) is 0. The molecule has 2 aliphatic heterocycles. The van der Waals surface area contributed by atoms with E-state index in [1.54, 1.807) is 4.90 Å². The van der Waals surface area contributed by atoms with Gasteiger partial charge >= 0.3 is 0 Å². The lowest BCUT2D eigenvalue weighted by Gasteiger charge is -2.28. The summed E-state index contributed by atoms with van der Waals surface area (Å²) in [4.78, 5) is 29.9. The number of amides is 2. The first-order valence-corrected chi connectivity index (χ1v) is 10.1. The first-order valence-electron chi connectivity index (χ1n) is 10.1. The maximum absolute atomic E-state index is 13.3. The van der Waals surface area contributed by atoms with E-state index in [-0.39, 0.29) is 29.7 Å². The quantitative estimate of drug-likeness (QED) is 0.890. The molecule has 0 saturated carbocycles. The third kappa shape index (κ3) is 3.54. The molecular formula is C23H27N3O2. The second-order valence-corrected chi connectivity index (χ2v) is 7.78. The number of nitrogens with zero attached hydrogens (tertiary/aromatic N) is 2. The average molecular weight is 377 g/mol. The third-order valence-corrected chi connectivity index (χ3v) is 6.10.